The molecular weight excluding hydrogens is 402 g/mol. The van der Waals surface area contributed by atoms with Crippen LogP contribution in [0.4, 0.5) is 5.69 Å². The van der Waals surface area contributed by atoms with Crippen molar-refractivity contribution in [2.45, 2.75) is 38.6 Å². The molecule has 1 unspecified atom stereocenters. The molecule has 0 aliphatic carbocycles. The van der Waals surface area contributed by atoms with E-state index in [0.29, 0.717) is 25.3 Å². The number of carbonyl (C=O) groups excluding carboxylic acids is 2. The minimum Gasteiger partial charge on any atom is -0.355 e. The Balaban J connectivity index is 2.05. The minimum atomic E-state index is -0.530. The number of thioether (sulfide) groups is 1. The molecule has 0 saturated heterocycles. The molecule has 0 radical (unpaired) electrons. The van der Waals surface area contributed by atoms with Gasteiger partial charge in [-0.25, -0.2) is 0 Å². The molecule has 0 fully saturated rings. The van der Waals surface area contributed by atoms with Gasteiger partial charge in [0, 0.05) is 31.0 Å². The molecule has 0 spiro atoms. The van der Waals surface area contributed by atoms with Gasteiger partial charge in [-0.3, -0.25) is 19.7 Å². The molecule has 0 aliphatic rings. The zero-order valence-electron chi connectivity index (χ0n) is 17.2. The maximum atomic E-state index is 13.0. The number of rotatable bonds is 11. The second-order valence-electron chi connectivity index (χ2n) is 6.74. The number of hydrogen-bond donors (Lipinski definition) is 1. The molecule has 2 amide bonds. The summed E-state index contributed by atoms with van der Waals surface area (Å²) in [6.07, 6.45) is 0.525. The number of nitrogens with one attached hydrogen (secondary N) is 1. The quantitative estimate of drug-likeness (QED) is 0.434. The molecule has 0 heterocycles. The maximum absolute atomic E-state index is 13.0. The average Bonchev–Trinajstić information content (AvgIpc) is 2.74. The van der Waals surface area contributed by atoms with E-state index < -0.39 is 11.0 Å². The summed E-state index contributed by atoms with van der Waals surface area (Å²) in [7, 11) is 0. The minimum absolute atomic E-state index is 0.0431. The Morgan fingerprint density at radius 2 is 1.73 bits per heavy atom. The molecule has 0 bridgehead atoms. The summed E-state index contributed by atoms with van der Waals surface area (Å²) in [5.74, 6) is 0.522. The molecular formula is C22H27N3O4S. The number of nitro groups is 1. The fourth-order valence-electron chi connectivity index (χ4n) is 3.04. The highest BCUT2D eigenvalue weighted by molar-refractivity contribution is 7.99. The van der Waals surface area contributed by atoms with Crippen LogP contribution in [0, 0.1) is 10.1 Å². The molecule has 2 aromatic rings. The molecule has 8 heteroatoms. The highest BCUT2D eigenvalue weighted by Crippen LogP contribution is 2.19. The molecule has 0 aliphatic heterocycles. The summed E-state index contributed by atoms with van der Waals surface area (Å²) in [5.41, 5.74) is 1.92. The van der Waals surface area contributed by atoms with Crippen LogP contribution in [-0.2, 0) is 21.9 Å². The standard InChI is InChI=1S/C22H27N3O4S/c1-3-20(22(27)23-4-2)24(14-17-8-6-5-7-9-17)21(26)16-30-15-18-10-12-19(13-11-18)25(28)29/h5-13,20H,3-4,14-16H2,1-2H3,(H,23,27). The van der Waals surface area contributed by atoms with Gasteiger partial charge < -0.3 is 10.2 Å². The van der Waals surface area contributed by atoms with Crippen LogP contribution >= 0.6 is 11.8 Å². The van der Waals surface area contributed by atoms with Gasteiger partial charge in [0.2, 0.25) is 11.8 Å². The van der Waals surface area contributed by atoms with Gasteiger partial charge in [-0.2, -0.15) is 0 Å². The van der Waals surface area contributed by atoms with E-state index in [1.165, 1.54) is 23.9 Å². The van der Waals surface area contributed by atoms with Crippen LogP contribution < -0.4 is 5.32 Å². The topological polar surface area (TPSA) is 92.6 Å². The summed E-state index contributed by atoms with van der Waals surface area (Å²) in [4.78, 5) is 37.5. The fraction of sp³-hybridized carbons (Fsp3) is 0.364. The van der Waals surface area contributed by atoms with Gasteiger partial charge in [0.15, 0.2) is 0 Å². The number of carbonyl (C=O) groups is 2. The van der Waals surface area contributed by atoms with Crippen molar-refractivity contribution in [3.63, 3.8) is 0 Å². The predicted octanol–water partition coefficient (Wildman–Crippen LogP) is 3.77. The molecule has 7 nitrogen and oxygen atoms in total. The summed E-state index contributed by atoms with van der Waals surface area (Å²) < 4.78 is 0. The Kier molecular flexibility index (Phi) is 9.34. The lowest BCUT2D eigenvalue weighted by Gasteiger charge is -2.30. The first-order valence-electron chi connectivity index (χ1n) is 9.88. The van der Waals surface area contributed by atoms with Crippen molar-refractivity contribution in [3.8, 4) is 0 Å². The van der Waals surface area contributed by atoms with E-state index in [9.17, 15) is 19.7 Å². The number of benzene rings is 2. The second kappa shape index (κ2) is 12.0. The van der Waals surface area contributed by atoms with E-state index in [0.717, 1.165) is 11.1 Å². The van der Waals surface area contributed by atoms with E-state index in [4.69, 9.17) is 0 Å². The Morgan fingerprint density at radius 1 is 1.07 bits per heavy atom. The maximum Gasteiger partial charge on any atom is 0.269 e. The summed E-state index contributed by atoms with van der Waals surface area (Å²) in [6, 6.07) is 15.4. The van der Waals surface area contributed by atoms with Gasteiger partial charge in [0.05, 0.1) is 10.7 Å². The van der Waals surface area contributed by atoms with Crippen LogP contribution in [0.25, 0.3) is 0 Å². The van der Waals surface area contributed by atoms with Crippen molar-refractivity contribution < 1.29 is 14.5 Å². The number of likely N-dealkylation sites (N-methyl/N-ethyl adjacent to an activating group) is 1. The van der Waals surface area contributed by atoms with E-state index in [1.807, 2.05) is 44.2 Å². The molecule has 2 rings (SSSR count). The Labute approximate surface area is 181 Å². The largest absolute Gasteiger partial charge is 0.355 e. The molecule has 2 aromatic carbocycles. The van der Waals surface area contributed by atoms with Crippen LogP contribution in [0.5, 0.6) is 0 Å². The van der Waals surface area contributed by atoms with Gasteiger partial charge in [0.1, 0.15) is 6.04 Å². The monoisotopic (exact) mass is 429 g/mol. The molecule has 30 heavy (non-hydrogen) atoms. The van der Waals surface area contributed by atoms with Crippen LogP contribution in [0.3, 0.4) is 0 Å². The van der Waals surface area contributed by atoms with Crippen molar-refractivity contribution in [3.05, 3.63) is 75.8 Å². The van der Waals surface area contributed by atoms with Crippen molar-refractivity contribution in [2.24, 2.45) is 0 Å². The van der Waals surface area contributed by atoms with E-state index in [-0.39, 0.29) is 23.3 Å². The van der Waals surface area contributed by atoms with Gasteiger partial charge >= 0.3 is 0 Å². The number of non-ortho nitro benzene ring substituents is 1. The number of nitrogens with zero attached hydrogens (tertiary/aromatic N) is 2. The van der Waals surface area contributed by atoms with Crippen LogP contribution in [0.15, 0.2) is 54.6 Å². The molecule has 1 atom stereocenters. The summed E-state index contributed by atoms with van der Waals surface area (Å²) in [5, 5.41) is 13.6. The van der Waals surface area contributed by atoms with Crippen molar-refractivity contribution in [1.29, 1.82) is 0 Å². The summed E-state index contributed by atoms with van der Waals surface area (Å²) in [6.45, 7) is 4.63. The number of nitro benzene ring substituents is 1. The highest BCUT2D eigenvalue weighted by atomic mass is 32.2. The third-order valence-corrected chi connectivity index (χ3v) is 5.56. The van der Waals surface area contributed by atoms with Gasteiger partial charge in [0.25, 0.3) is 5.69 Å². The zero-order chi connectivity index (χ0) is 21.9. The van der Waals surface area contributed by atoms with E-state index in [1.54, 1.807) is 17.0 Å². The molecule has 0 saturated carbocycles. The first-order chi connectivity index (χ1) is 14.5. The predicted molar refractivity (Wildman–Crippen MR) is 119 cm³/mol. The second-order valence-corrected chi connectivity index (χ2v) is 7.73. The van der Waals surface area contributed by atoms with E-state index in [2.05, 4.69) is 5.32 Å². The Hall–Kier alpha value is -2.87. The van der Waals surface area contributed by atoms with Crippen LogP contribution in [-0.4, -0.2) is 40.0 Å². The zero-order valence-corrected chi connectivity index (χ0v) is 18.1. The molecule has 0 aromatic heterocycles. The van der Waals surface area contributed by atoms with E-state index >= 15 is 0 Å². The number of amides is 2. The van der Waals surface area contributed by atoms with Crippen molar-refractivity contribution >= 4 is 29.3 Å². The van der Waals surface area contributed by atoms with Gasteiger partial charge in [-0.1, -0.05) is 49.4 Å². The fourth-order valence-corrected chi connectivity index (χ4v) is 3.92. The van der Waals surface area contributed by atoms with Crippen molar-refractivity contribution in [2.75, 3.05) is 12.3 Å². The smallest absolute Gasteiger partial charge is 0.269 e. The van der Waals surface area contributed by atoms with Gasteiger partial charge in [-0.15, -0.1) is 11.8 Å². The van der Waals surface area contributed by atoms with Gasteiger partial charge in [-0.05, 0) is 24.5 Å². The lowest BCUT2D eigenvalue weighted by Crippen LogP contribution is -2.49. The highest BCUT2D eigenvalue weighted by Gasteiger charge is 2.28. The van der Waals surface area contributed by atoms with Crippen LogP contribution in [0.2, 0.25) is 0 Å². The normalized spacial score (nSPS) is 11.5. The third-order valence-electron chi connectivity index (χ3n) is 4.57. The Morgan fingerprint density at radius 3 is 2.30 bits per heavy atom. The number of hydrogen-bond acceptors (Lipinski definition) is 5. The summed E-state index contributed by atoms with van der Waals surface area (Å²) >= 11 is 1.43. The molecule has 1 N–H and O–H groups in total. The first-order valence-corrected chi connectivity index (χ1v) is 11.0. The lowest BCUT2D eigenvalue weighted by atomic mass is 10.1. The average molecular weight is 430 g/mol. The molecule has 160 valence electrons. The van der Waals surface area contributed by atoms with Crippen LogP contribution in [0.1, 0.15) is 31.4 Å². The Bertz CT molecular complexity index is 843. The van der Waals surface area contributed by atoms with Crippen molar-refractivity contribution in [1.82, 2.24) is 10.2 Å². The first kappa shape index (κ1) is 23.4. The third kappa shape index (κ3) is 6.88. The SMILES string of the molecule is CCNC(=O)C(CC)N(Cc1ccccc1)C(=O)CSCc1ccc([N+](=O)[O-])cc1. The lowest BCUT2D eigenvalue weighted by molar-refractivity contribution is -0.384.